The van der Waals surface area contributed by atoms with Gasteiger partial charge in [0.05, 0.1) is 17.7 Å². The van der Waals surface area contributed by atoms with Gasteiger partial charge in [0, 0.05) is 6.04 Å². The van der Waals surface area contributed by atoms with Gasteiger partial charge < -0.3 is 4.74 Å². The highest BCUT2D eigenvalue weighted by molar-refractivity contribution is 7.89. The molecule has 7 heteroatoms. The molecule has 0 aliphatic carbocycles. The van der Waals surface area contributed by atoms with Gasteiger partial charge in [0.25, 0.3) is 0 Å². The number of hydrogen-bond acceptors (Lipinski definition) is 5. The largest absolute Gasteiger partial charge is 0.393 e. The molecule has 0 saturated carbocycles. The summed E-state index contributed by atoms with van der Waals surface area (Å²) in [7, 11) is -3.73. The molecule has 1 fully saturated rings. The van der Waals surface area contributed by atoms with Crippen LogP contribution in [0.2, 0.25) is 0 Å². The maximum Gasteiger partial charge on any atom is 0.315 e. The van der Waals surface area contributed by atoms with Crippen molar-refractivity contribution in [2.75, 3.05) is 0 Å². The first-order chi connectivity index (χ1) is 8.87. The first-order valence-electron chi connectivity index (χ1n) is 5.69. The molecule has 1 aromatic rings. The summed E-state index contributed by atoms with van der Waals surface area (Å²) in [4.78, 5) is 22.2. The fourth-order valence-corrected chi connectivity index (χ4v) is 3.01. The summed E-state index contributed by atoms with van der Waals surface area (Å²) in [5.74, 6) is -1.43. The molecule has 1 heterocycles. The number of hydrogen-bond donors (Lipinski definition) is 1. The van der Waals surface area contributed by atoms with E-state index in [1.54, 1.807) is 12.1 Å². The Morgan fingerprint density at radius 2 is 1.63 bits per heavy atom. The molecule has 1 aromatic carbocycles. The summed E-state index contributed by atoms with van der Waals surface area (Å²) in [6, 6.07) is 5.55. The van der Waals surface area contributed by atoms with Crippen LogP contribution in [0.1, 0.15) is 18.4 Å². The minimum absolute atomic E-state index is 0.101. The number of nitrogens with one attached hydrogen (secondary N) is 1. The maximum atomic E-state index is 12.1. The number of aryl methyl sites for hydroxylation is 1. The van der Waals surface area contributed by atoms with E-state index in [-0.39, 0.29) is 17.7 Å². The zero-order valence-electron chi connectivity index (χ0n) is 10.3. The zero-order chi connectivity index (χ0) is 14.0. The molecule has 0 atom stereocenters. The SMILES string of the molecule is Cc1ccc(S(=O)(=O)NC2CC(=O)OC(=O)C2)cc1. The Balaban J connectivity index is 2.15. The average molecular weight is 283 g/mol. The summed E-state index contributed by atoms with van der Waals surface area (Å²) in [6.07, 6.45) is -0.284. The van der Waals surface area contributed by atoms with Crippen LogP contribution in [-0.2, 0) is 24.3 Å². The minimum Gasteiger partial charge on any atom is -0.393 e. The van der Waals surface area contributed by atoms with Crippen molar-refractivity contribution in [1.82, 2.24) is 4.72 Å². The van der Waals surface area contributed by atoms with Crippen molar-refractivity contribution in [3.63, 3.8) is 0 Å². The Kier molecular flexibility index (Phi) is 3.68. The quantitative estimate of drug-likeness (QED) is 0.644. The van der Waals surface area contributed by atoms with Crippen LogP contribution in [0.25, 0.3) is 0 Å². The summed E-state index contributed by atoms with van der Waals surface area (Å²) in [5, 5.41) is 0. The summed E-state index contributed by atoms with van der Waals surface area (Å²) >= 11 is 0. The number of cyclic esters (lactones) is 2. The van der Waals surface area contributed by atoms with Crippen LogP contribution in [0.3, 0.4) is 0 Å². The van der Waals surface area contributed by atoms with Crippen molar-refractivity contribution < 1.29 is 22.7 Å². The van der Waals surface area contributed by atoms with Gasteiger partial charge in [-0.25, -0.2) is 13.1 Å². The number of benzene rings is 1. The Bertz CT molecular complexity index is 590. The summed E-state index contributed by atoms with van der Waals surface area (Å²) in [6.45, 7) is 1.85. The zero-order valence-corrected chi connectivity index (χ0v) is 11.1. The number of ether oxygens (including phenoxy) is 1. The smallest absolute Gasteiger partial charge is 0.315 e. The number of carbonyl (C=O) groups is 2. The van der Waals surface area contributed by atoms with Gasteiger partial charge >= 0.3 is 11.9 Å². The Morgan fingerprint density at radius 1 is 1.11 bits per heavy atom. The van der Waals surface area contributed by atoms with Gasteiger partial charge in [-0.3, -0.25) is 9.59 Å². The molecule has 1 aliphatic rings. The monoisotopic (exact) mass is 283 g/mol. The lowest BCUT2D eigenvalue weighted by molar-refractivity contribution is -0.163. The molecule has 1 N–H and O–H groups in total. The summed E-state index contributed by atoms with van der Waals surface area (Å²) < 4.78 is 30.8. The average Bonchev–Trinajstić information content (AvgIpc) is 2.27. The fraction of sp³-hybridized carbons (Fsp3) is 0.333. The normalized spacial score (nSPS) is 17.3. The third-order valence-corrected chi connectivity index (χ3v) is 4.24. The van der Waals surface area contributed by atoms with E-state index in [1.807, 2.05) is 6.92 Å². The number of sulfonamides is 1. The first-order valence-corrected chi connectivity index (χ1v) is 7.17. The molecule has 1 aliphatic heterocycles. The van der Waals surface area contributed by atoms with E-state index in [9.17, 15) is 18.0 Å². The third-order valence-electron chi connectivity index (χ3n) is 2.71. The molecule has 2 rings (SSSR count). The number of esters is 2. The van der Waals surface area contributed by atoms with E-state index in [1.165, 1.54) is 12.1 Å². The van der Waals surface area contributed by atoms with Crippen molar-refractivity contribution in [3.05, 3.63) is 29.8 Å². The van der Waals surface area contributed by atoms with Gasteiger partial charge in [-0.1, -0.05) is 17.7 Å². The lowest BCUT2D eigenvalue weighted by atomic mass is 10.1. The molecule has 0 unspecified atom stereocenters. The van der Waals surface area contributed by atoms with E-state index >= 15 is 0 Å². The second kappa shape index (κ2) is 5.10. The van der Waals surface area contributed by atoms with Gasteiger partial charge in [0.1, 0.15) is 0 Å². The third kappa shape index (κ3) is 3.39. The standard InChI is InChI=1S/C12H13NO5S/c1-8-2-4-10(5-3-8)19(16,17)13-9-6-11(14)18-12(15)7-9/h2-5,9,13H,6-7H2,1H3. The molecule has 6 nitrogen and oxygen atoms in total. The van der Waals surface area contributed by atoms with Crippen LogP contribution in [0, 0.1) is 6.92 Å². The fourth-order valence-electron chi connectivity index (χ4n) is 1.77. The molecule has 0 spiro atoms. The second-order valence-corrected chi connectivity index (χ2v) is 6.10. The van der Waals surface area contributed by atoms with Crippen molar-refractivity contribution >= 4 is 22.0 Å². The number of carbonyl (C=O) groups excluding carboxylic acids is 2. The van der Waals surface area contributed by atoms with Crippen molar-refractivity contribution in [2.24, 2.45) is 0 Å². The van der Waals surface area contributed by atoms with E-state index in [4.69, 9.17) is 0 Å². The van der Waals surface area contributed by atoms with Crippen molar-refractivity contribution in [1.29, 1.82) is 0 Å². The highest BCUT2D eigenvalue weighted by Gasteiger charge is 2.30. The van der Waals surface area contributed by atoms with Gasteiger partial charge in [-0.05, 0) is 19.1 Å². The molecular weight excluding hydrogens is 270 g/mol. The Morgan fingerprint density at radius 3 is 2.16 bits per heavy atom. The Labute approximate surface area is 110 Å². The highest BCUT2D eigenvalue weighted by atomic mass is 32.2. The molecule has 0 bridgehead atoms. The molecule has 0 aromatic heterocycles. The van der Waals surface area contributed by atoms with Crippen LogP contribution in [0.4, 0.5) is 0 Å². The van der Waals surface area contributed by atoms with Gasteiger partial charge in [-0.15, -0.1) is 0 Å². The highest BCUT2D eigenvalue weighted by Crippen LogP contribution is 2.15. The Hall–Kier alpha value is -1.73. The van der Waals surface area contributed by atoms with Gasteiger partial charge in [-0.2, -0.15) is 0 Å². The minimum atomic E-state index is -3.73. The molecule has 0 radical (unpaired) electrons. The van der Waals surface area contributed by atoms with Crippen molar-refractivity contribution in [3.8, 4) is 0 Å². The predicted molar refractivity (Wildman–Crippen MR) is 65.6 cm³/mol. The van der Waals surface area contributed by atoms with E-state index in [0.29, 0.717) is 0 Å². The predicted octanol–water partition coefficient (Wildman–Crippen LogP) is 0.506. The molecular formula is C12H13NO5S. The van der Waals surface area contributed by atoms with Gasteiger partial charge in [0.15, 0.2) is 0 Å². The topological polar surface area (TPSA) is 89.5 Å². The van der Waals surface area contributed by atoms with Crippen LogP contribution >= 0.6 is 0 Å². The van der Waals surface area contributed by atoms with Crippen LogP contribution in [0.5, 0.6) is 0 Å². The van der Waals surface area contributed by atoms with Gasteiger partial charge in [0.2, 0.25) is 10.0 Å². The van der Waals surface area contributed by atoms with Crippen molar-refractivity contribution in [2.45, 2.75) is 30.7 Å². The first kappa shape index (κ1) is 13.7. The molecule has 1 saturated heterocycles. The molecule has 19 heavy (non-hydrogen) atoms. The maximum absolute atomic E-state index is 12.1. The molecule has 0 amide bonds. The van der Waals surface area contributed by atoms with E-state index in [2.05, 4.69) is 9.46 Å². The lowest BCUT2D eigenvalue weighted by Crippen LogP contribution is -2.42. The second-order valence-electron chi connectivity index (χ2n) is 4.39. The lowest BCUT2D eigenvalue weighted by Gasteiger charge is -2.20. The molecule has 102 valence electrons. The van der Waals surface area contributed by atoms with E-state index < -0.39 is 28.0 Å². The van der Waals surface area contributed by atoms with Crippen LogP contribution in [-0.4, -0.2) is 26.4 Å². The van der Waals surface area contributed by atoms with Crippen LogP contribution < -0.4 is 4.72 Å². The number of rotatable bonds is 3. The van der Waals surface area contributed by atoms with E-state index in [0.717, 1.165) is 5.56 Å². The summed E-state index contributed by atoms with van der Waals surface area (Å²) in [5.41, 5.74) is 0.940. The van der Waals surface area contributed by atoms with Crippen LogP contribution in [0.15, 0.2) is 29.2 Å².